The van der Waals surface area contributed by atoms with Gasteiger partial charge in [-0.15, -0.1) is 0 Å². The van der Waals surface area contributed by atoms with Crippen molar-refractivity contribution in [2.75, 3.05) is 26.2 Å². The molecule has 0 aliphatic heterocycles. The second kappa shape index (κ2) is 38.6. The van der Waals surface area contributed by atoms with E-state index in [1.807, 2.05) is 42.5 Å². The third-order valence-corrected chi connectivity index (χ3v) is 14.2. The molecule has 0 fully saturated rings. The fraction of sp³-hybridized carbons (Fsp3) is 0.417. The molecule has 0 aliphatic carbocycles. The van der Waals surface area contributed by atoms with Crippen molar-refractivity contribution < 1.29 is 57.8 Å². The SMILES string of the molecule is N=C(N)NCCC[C@H](NC(=O)[C@H](CCCNC(N)=O)NC(=O)[C@H](CCCNC(=N)N)NC(=O)[C@H](CCCNC(N)=O)NC(=O)[C@H](Cc1ccc2ccccc2c1)NC(=O)[C@@H](Cc1ccccc1)NC(=O)[C@@H](N)Cc1ccccc1)C(=O)N[C@@H](CCC(N)=O)C(=O)O. The lowest BCUT2D eigenvalue weighted by Crippen LogP contribution is -2.60. The molecule has 0 saturated heterocycles. The maximum absolute atomic E-state index is 15.0. The summed E-state index contributed by atoms with van der Waals surface area (Å²) >= 11 is 0. The molecule has 492 valence electrons. The molecule has 4 aromatic rings. The first-order valence-electron chi connectivity index (χ1n) is 29.6. The molecule has 0 unspecified atom stereocenters. The zero-order valence-electron chi connectivity index (χ0n) is 50.4. The summed E-state index contributed by atoms with van der Waals surface area (Å²) in [6.07, 6.45) is -1.58. The highest BCUT2D eigenvalue weighted by atomic mass is 16.4. The number of amides is 12. The van der Waals surface area contributed by atoms with Crippen molar-refractivity contribution in [2.45, 2.75) is 132 Å². The average molecular weight is 1260 g/mol. The second-order valence-electron chi connectivity index (χ2n) is 21.5. The van der Waals surface area contributed by atoms with Crippen LogP contribution >= 0.6 is 0 Å². The number of guanidine groups is 2. The maximum Gasteiger partial charge on any atom is 0.326 e. The molecule has 0 aromatic heterocycles. The number of rotatable bonds is 40. The summed E-state index contributed by atoms with van der Waals surface area (Å²) in [6.45, 7) is -0.158. The highest BCUT2D eigenvalue weighted by Gasteiger charge is 2.35. The Balaban J connectivity index is 1.72. The van der Waals surface area contributed by atoms with Gasteiger partial charge in [-0.05, 0) is 91.7 Å². The summed E-state index contributed by atoms with van der Waals surface area (Å²) in [6, 6.07) is 17.3. The van der Waals surface area contributed by atoms with E-state index >= 15 is 4.79 Å². The summed E-state index contributed by atoms with van der Waals surface area (Å²) in [5, 5.41) is 55.1. The summed E-state index contributed by atoms with van der Waals surface area (Å²) in [4.78, 5) is 148. The molecular weight excluding hydrogens is 1180 g/mol. The lowest BCUT2D eigenvalue weighted by Gasteiger charge is -2.28. The molecule has 0 radical (unpaired) electrons. The Kier molecular flexibility index (Phi) is 30.9. The Morgan fingerprint density at radius 3 is 1.11 bits per heavy atom. The van der Waals surface area contributed by atoms with E-state index in [9.17, 15) is 53.1 Å². The number of benzene rings is 4. The topological polar surface area (TPSA) is 544 Å². The van der Waals surface area contributed by atoms with E-state index in [0.29, 0.717) is 11.1 Å². The maximum atomic E-state index is 15.0. The van der Waals surface area contributed by atoms with Gasteiger partial charge in [0.25, 0.3) is 0 Å². The summed E-state index contributed by atoms with van der Waals surface area (Å²) < 4.78 is 0. The van der Waals surface area contributed by atoms with E-state index in [0.717, 1.165) is 16.3 Å². The fourth-order valence-electron chi connectivity index (χ4n) is 9.46. The van der Waals surface area contributed by atoms with Crippen molar-refractivity contribution in [1.82, 2.24) is 58.5 Å². The third-order valence-electron chi connectivity index (χ3n) is 14.2. The number of aliphatic carboxylic acids is 1. The normalized spacial score (nSPS) is 13.5. The van der Waals surface area contributed by atoms with E-state index in [4.69, 9.17) is 45.2 Å². The van der Waals surface area contributed by atoms with Crippen LogP contribution in [-0.2, 0) is 62.4 Å². The van der Waals surface area contributed by atoms with E-state index in [2.05, 4.69) is 58.5 Å². The standard InChI is InChI=1S/C60H85N19O12/c61-40(32-35-13-3-1-4-14-35)49(81)78-46(33-36-15-5-2-6-16-36)55(87)79-47(34-37-23-24-38-17-7-8-18-39(38)31-37)54(86)76-43(22-12-30-72-60(68)91)52(84)73-41(19-9-27-69-57(63)64)50(82)74-42(21-11-29-71-59(67)90)51(83)75-44(20-10-28-70-58(65)66)53(85)77-45(56(88)89)25-26-48(62)80/h1-8,13-18,23-24,31,40-47H,9-12,19-22,25-30,32-34,61H2,(H2,62,80)(H,73,84)(H,74,82)(H,75,83)(H,76,86)(H,77,85)(H,78,81)(H,79,87)(H,88,89)(H4,63,64,69)(H4,65,66,70)(H3,67,71,90)(H3,68,72,91)/t40-,41-,42-,43-,44-,45-,46+,47-/m0/s1. The van der Waals surface area contributed by atoms with Gasteiger partial charge in [-0.25, -0.2) is 14.4 Å². The molecule has 0 heterocycles. The van der Waals surface area contributed by atoms with Crippen molar-refractivity contribution >= 4 is 88.0 Å². The van der Waals surface area contributed by atoms with Gasteiger partial charge in [0, 0.05) is 45.4 Å². The largest absolute Gasteiger partial charge is 0.480 e. The molecule has 12 amide bonds. The Morgan fingerprint density at radius 1 is 0.374 bits per heavy atom. The molecule has 4 aromatic carbocycles. The second-order valence-corrected chi connectivity index (χ2v) is 21.5. The summed E-state index contributed by atoms with van der Waals surface area (Å²) in [5.41, 5.74) is 35.2. The van der Waals surface area contributed by atoms with Crippen molar-refractivity contribution in [3.05, 3.63) is 120 Å². The molecule has 91 heavy (non-hydrogen) atoms. The molecular formula is C60H85N19O12. The zero-order chi connectivity index (χ0) is 66.8. The van der Waals surface area contributed by atoms with Gasteiger partial charge in [-0.2, -0.15) is 0 Å². The number of carbonyl (C=O) groups excluding carboxylic acids is 10. The summed E-state index contributed by atoms with van der Waals surface area (Å²) in [7, 11) is 0. The van der Waals surface area contributed by atoms with Gasteiger partial charge in [0.2, 0.25) is 47.3 Å². The van der Waals surface area contributed by atoms with Gasteiger partial charge in [-0.1, -0.05) is 103 Å². The van der Waals surface area contributed by atoms with Gasteiger partial charge in [-0.3, -0.25) is 49.2 Å². The number of urea groups is 2. The molecule has 0 spiro atoms. The number of nitrogens with two attached hydrogens (primary N) is 6. The number of carboxylic acids is 1. The van der Waals surface area contributed by atoms with Crippen molar-refractivity contribution in [2.24, 2.45) is 34.4 Å². The quantitative estimate of drug-likeness (QED) is 0.0123. The first-order chi connectivity index (χ1) is 43.4. The molecule has 4 rings (SSSR count). The highest BCUT2D eigenvalue weighted by molar-refractivity contribution is 5.98. The van der Waals surface area contributed by atoms with Crippen LogP contribution in [0.1, 0.15) is 80.9 Å². The lowest BCUT2D eigenvalue weighted by atomic mass is 9.99. The molecule has 26 N–H and O–H groups in total. The third kappa shape index (κ3) is 28.0. The van der Waals surface area contributed by atoms with Gasteiger partial charge in [0.15, 0.2) is 11.9 Å². The number of carboxylic acid groups (broad SMARTS) is 1. The van der Waals surface area contributed by atoms with E-state index in [1.54, 1.807) is 60.7 Å². The van der Waals surface area contributed by atoms with Crippen LogP contribution in [0.15, 0.2) is 103 Å². The predicted molar refractivity (Wildman–Crippen MR) is 337 cm³/mol. The number of hydrogen-bond acceptors (Lipinski definition) is 14. The van der Waals surface area contributed by atoms with E-state index in [-0.39, 0.29) is 96.8 Å². The smallest absolute Gasteiger partial charge is 0.326 e. The number of primary amides is 3. The monoisotopic (exact) mass is 1260 g/mol. The van der Waals surface area contributed by atoms with Gasteiger partial charge in [0.05, 0.1) is 6.04 Å². The average Bonchev–Trinajstić information content (AvgIpc) is 1.76. The van der Waals surface area contributed by atoms with Gasteiger partial charge >= 0.3 is 18.0 Å². The Morgan fingerprint density at radius 2 is 0.714 bits per heavy atom. The van der Waals surface area contributed by atoms with Gasteiger partial charge < -0.3 is 98.0 Å². The van der Waals surface area contributed by atoms with Crippen molar-refractivity contribution in [3.8, 4) is 0 Å². The molecule has 31 nitrogen and oxygen atoms in total. The van der Waals surface area contributed by atoms with E-state index in [1.165, 1.54) is 0 Å². The lowest BCUT2D eigenvalue weighted by molar-refractivity contribution is -0.142. The van der Waals surface area contributed by atoms with Crippen LogP contribution in [0.5, 0.6) is 0 Å². The minimum atomic E-state index is -1.62. The van der Waals surface area contributed by atoms with Gasteiger partial charge in [0.1, 0.15) is 42.3 Å². The Hall–Kier alpha value is -10.6. The van der Waals surface area contributed by atoms with Crippen LogP contribution in [0.4, 0.5) is 9.59 Å². The number of nitrogens with one attached hydrogen (secondary N) is 13. The van der Waals surface area contributed by atoms with E-state index < -0.39 is 138 Å². The zero-order valence-corrected chi connectivity index (χ0v) is 50.4. The predicted octanol–water partition coefficient (Wildman–Crippen LogP) is -2.64. The minimum absolute atomic E-state index is 0.00350. The number of fused-ring (bicyclic) bond motifs is 1. The first kappa shape index (κ1) is 72.9. The van der Waals surface area contributed by atoms with Crippen LogP contribution in [0.3, 0.4) is 0 Å². The summed E-state index contributed by atoms with van der Waals surface area (Å²) in [5.74, 6) is -9.44. The van der Waals surface area contributed by atoms with Crippen LogP contribution in [-0.4, -0.2) is 157 Å². The van der Waals surface area contributed by atoms with Crippen molar-refractivity contribution in [3.63, 3.8) is 0 Å². The van der Waals surface area contributed by atoms with Crippen LogP contribution in [0.2, 0.25) is 0 Å². The number of hydrogen-bond donors (Lipinski definition) is 20. The first-order valence-corrected chi connectivity index (χ1v) is 29.6. The Labute approximate surface area is 525 Å². The fourth-order valence-corrected chi connectivity index (χ4v) is 9.46. The van der Waals surface area contributed by atoms with Crippen molar-refractivity contribution in [1.29, 1.82) is 10.8 Å². The molecule has 8 atom stereocenters. The molecule has 31 heteroatoms. The van der Waals surface area contributed by atoms with Crippen LogP contribution in [0.25, 0.3) is 10.8 Å². The Bertz CT molecular complexity index is 3140. The minimum Gasteiger partial charge on any atom is -0.480 e. The van der Waals surface area contributed by atoms with Crippen LogP contribution in [0, 0.1) is 10.8 Å². The molecule has 0 aliphatic rings. The molecule has 0 bridgehead atoms. The highest BCUT2D eigenvalue weighted by Crippen LogP contribution is 2.18. The number of carbonyl (C=O) groups is 11. The van der Waals surface area contributed by atoms with Crippen LogP contribution < -0.4 is 92.9 Å². The molecule has 0 saturated carbocycles.